The van der Waals surface area contributed by atoms with Gasteiger partial charge in [-0.15, -0.1) is 0 Å². The molecule has 1 fully saturated rings. The third-order valence-electron chi connectivity index (χ3n) is 3.27. The fourth-order valence-corrected chi connectivity index (χ4v) is 2.42. The Hall–Kier alpha value is -0.870. The van der Waals surface area contributed by atoms with Crippen LogP contribution in [0.3, 0.4) is 0 Å². The van der Waals surface area contributed by atoms with Crippen molar-refractivity contribution in [1.82, 2.24) is 10.2 Å². The topological polar surface area (TPSA) is 32.3 Å². The highest BCUT2D eigenvalue weighted by atomic mass is 79.9. The number of carbonyl (C=O) groups excluding carboxylic acids is 1. The van der Waals surface area contributed by atoms with Crippen LogP contribution >= 0.6 is 15.9 Å². The van der Waals surface area contributed by atoms with Crippen LogP contribution in [0.15, 0.2) is 28.7 Å². The minimum absolute atomic E-state index is 0.201. The molecular weight excluding hydrogens is 304 g/mol. The second kappa shape index (κ2) is 6.53. The molecule has 0 heterocycles. The minimum Gasteiger partial charge on any atom is -0.334 e. The third-order valence-corrected chi connectivity index (χ3v) is 4.04. The normalized spacial score (nSPS) is 14.7. The van der Waals surface area contributed by atoms with E-state index in [0.29, 0.717) is 25.2 Å². The monoisotopic (exact) mass is 324 g/mol. The smallest absolute Gasteiger partial charge is 0.237 e. The van der Waals surface area contributed by atoms with Crippen LogP contribution in [-0.4, -0.2) is 29.4 Å². The van der Waals surface area contributed by atoms with Crippen molar-refractivity contribution in [2.24, 2.45) is 0 Å². The molecule has 0 aromatic heterocycles. The summed E-state index contributed by atoms with van der Waals surface area (Å²) in [5, 5.41) is 3.21. The van der Waals surface area contributed by atoms with Crippen molar-refractivity contribution in [1.29, 1.82) is 0 Å². The van der Waals surface area contributed by atoms with Crippen LogP contribution in [0.25, 0.3) is 0 Å². The summed E-state index contributed by atoms with van der Waals surface area (Å²) in [4.78, 5) is 14.3. The first-order valence-corrected chi connectivity index (χ1v) is 7.63. The predicted molar refractivity (Wildman–Crippen MR) is 80.9 cm³/mol. The van der Waals surface area contributed by atoms with E-state index in [4.69, 9.17) is 0 Å². The molecule has 19 heavy (non-hydrogen) atoms. The minimum atomic E-state index is 0.201. The lowest BCUT2D eigenvalue weighted by molar-refractivity contribution is -0.131. The lowest BCUT2D eigenvalue weighted by Crippen LogP contribution is -2.41. The van der Waals surface area contributed by atoms with Crippen LogP contribution in [-0.2, 0) is 11.3 Å². The van der Waals surface area contributed by atoms with Gasteiger partial charge in [-0.1, -0.05) is 48.0 Å². The van der Waals surface area contributed by atoms with Gasteiger partial charge in [0.2, 0.25) is 5.91 Å². The summed E-state index contributed by atoms with van der Waals surface area (Å²) in [5.74, 6) is 0.201. The van der Waals surface area contributed by atoms with Crippen molar-refractivity contribution >= 4 is 21.8 Å². The predicted octanol–water partition coefficient (Wildman–Crippen LogP) is 2.94. The Morgan fingerprint density at radius 1 is 1.42 bits per heavy atom. The Bertz CT molecular complexity index is 444. The van der Waals surface area contributed by atoms with E-state index in [2.05, 4.69) is 41.2 Å². The quantitative estimate of drug-likeness (QED) is 0.872. The number of hydrogen-bond acceptors (Lipinski definition) is 2. The van der Waals surface area contributed by atoms with E-state index in [9.17, 15) is 4.79 Å². The molecule has 1 aromatic rings. The van der Waals surface area contributed by atoms with Crippen LogP contribution < -0.4 is 5.32 Å². The highest BCUT2D eigenvalue weighted by Crippen LogP contribution is 2.29. The summed E-state index contributed by atoms with van der Waals surface area (Å²) in [6.45, 7) is 5.24. The summed E-state index contributed by atoms with van der Waals surface area (Å²) < 4.78 is 1.07. The number of halogens is 1. The number of nitrogens with one attached hydrogen (secondary N) is 1. The molecule has 0 bridgehead atoms. The maximum Gasteiger partial charge on any atom is 0.237 e. The number of rotatable bonds is 6. The van der Waals surface area contributed by atoms with Gasteiger partial charge in [-0.2, -0.15) is 0 Å². The summed E-state index contributed by atoms with van der Waals surface area (Å²) >= 11 is 3.55. The number of amides is 1. The average Bonchev–Trinajstić information content (AvgIpc) is 3.19. The summed E-state index contributed by atoms with van der Waals surface area (Å²) in [6.07, 6.45) is 2.27. The Labute approximate surface area is 123 Å². The Morgan fingerprint density at radius 3 is 2.68 bits per heavy atom. The average molecular weight is 325 g/mol. The maximum atomic E-state index is 12.3. The molecule has 0 saturated heterocycles. The SMILES string of the molecule is CC(C)NCC(=O)N(Cc1ccccc1Br)C1CC1. The Kier molecular flexibility index (Phi) is 4.99. The van der Waals surface area contributed by atoms with Gasteiger partial charge in [-0.05, 0) is 24.5 Å². The molecule has 3 nitrogen and oxygen atoms in total. The van der Waals surface area contributed by atoms with Crippen molar-refractivity contribution in [2.75, 3.05) is 6.54 Å². The molecule has 0 atom stereocenters. The van der Waals surface area contributed by atoms with Crippen LogP contribution in [0.4, 0.5) is 0 Å². The van der Waals surface area contributed by atoms with Crippen LogP contribution in [0.1, 0.15) is 32.3 Å². The van der Waals surface area contributed by atoms with Crippen molar-refractivity contribution in [2.45, 2.75) is 45.3 Å². The first kappa shape index (κ1) is 14.5. The molecule has 0 aliphatic heterocycles. The van der Waals surface area contributed by atoms with Gasteiger partial charge in [-0.25, -0.2) is 0 Å². The van der Waals surface area contributed by atoms with Gasteiger partial charge in [0.25, 0.3) is 0 Å². The van der Waals surface area contributed by atoms with Gasteiger partial charge in [0.15, 0.2) is 0 Å². The van der Waals surface area contributed by atoms with Gasteiger partial charge in [0.05, 0.1) is 6.54 Å². The first-order chi connectivity index (χ1) is 9.08. The van der Waals surface area contributed by atoms with Crippen molar-refractivity contribution in [3.05, 3.63) is 34.3 Å². The molecule has 1 aliphatic rings. The van der Waals surface area contributed by atoms with E-state index in [1.165, 1.54) is 5.56 Å². The largest absolute Gasteiger partial charge is 0.334 e. The molecule has 0 radical (unpaired) electrons. The van der Waals surface area contributed by atoms with Crippen LogP contribution in [0.2, 0.25) is 0 Å². The second-order valence-corrected chi connectivity index (χ2v) is 6.23. The zero-order valence-electron chi connectivity index (χ0n) is 11.5. The van der Waals surface area contributed by atoms with E-state index in [1.54, 1.807) is 0 Å². The number of nitrogens with zero attached hydrogens (tertiary/aromatic N) is 1. The van der Waals surface area contributed by atoms with E-state index < -0.39 is 0 Å². The van der Waals surface area contributed by atoms with Gasteiger partial charge in [0.1, 0.15) is 0 Å². The lowest BCUT2D eigenvalue weighted by Gasteiger charge is -2.24. The zero-order valence-corrected chi connectivity index (χ0v) is 13.1. The second-order valence-electron chi connectivity index (χ2n) is 5.38. The first-order valence-electron chi connectivity index (χ1n) is 6.84. The van der Waals surface area contributed by atoms with Crippen LogP contribution in [0, 0.1) is 0 Å². The van der Waals surface area contributed by atoms with Gasteiger partial charge in [-0.3, -0.25) is 4.79 Å². The Balaban J connectivity index is 2.00. The maximum absolute atomic E-state index is 12.3. The Morgan fingerprint density at radius 2 is 2.11 bits per heavy atom. The fourth-order valence-electron chi connectivity index (χ4n) is 2.01. The molecule has 1 aliphatic carbocycles. The lowest BCUT2D eigenvalue weighted by atomic mass is 10.2. The number of benzene rings is 1. The summed E-state index contributed by atoms with van der Waals surface area (Å²) in [5.41, 5.74) is 1.17. The van der Waals surface area contributed by atoms with Gasteiger partial charge in [0, 0.05) is 23.1 Å². The molecular formula is C15H21BrN2O. The molecule has 4 heteroatoms. The van der Waals surface area contributed by atoms with E-state index in [1.807, 2.05) is 23.1 Å². The van der Waals surface area contributed by atoms with Crippen molar-refractivity contribution in [3.8, 4) is 0 Å². The molecule has 1 amide bonds. The molecule has 0 unspecified atom stereocenters. The summed E-state index contributed by atoms with van der Waals surface area (Å²) in [7, 11) is 0. The van der Waals surface area contributed by atoms with E-state index >= 15 is 0 Å². The van der Waals surface area contributed by atoms with Crippen molar-refractivity contribution < 1.29 is 4.79 Å². The van der Waals surface area contributed by atoms with Gasteiger partial charge >= 0.3 is 0 Å². The third kappa shape index (κ3) is 4.32. The number of hydrogen-bond donors (Lipinski definition) is 1. The molecule has 2 rings (SSSR count). The van der Waals surface area contributed by atoms with Gasteiger partial charge < -0.3 is 10.2 Å². The fraction of sp³-hybridized carbons (Fsp3) is 0.533. The zero-order chi connectivity index (χ0) is 13.8. The highest BCUT2D eigenvalue weighted by Gasteiger charge is 2.32. The van der Waals surface area contributed by atoms with Crippen LogP contribution in [0.5, 0.6) is 0 Å². The molecule has 0 spiro atoms. The molecule has 104 valence electrons. The van der Waals surface area contributed by atoms with E-state index in [0.717, 1.165) is 17.3 Å². The summed E-state index contributed by atoms with van der Waals surface area (Å²) in [6, 6.07) is 8.89. The van der Waals surface area contributed by atoms with Crippen molar-refractivity contribution in [3.63, 3.8) is 0 Å². The molecule has 1 saturated carbocycles. The highest BCUT2D eigenvalue weighted by molar-refractivity contribution is 9.10. The standard InChI is InChI=1S/C15H21BrN2O/c1-11(2)17-9-15(19)18(13-7-8-13)10-12-5-3-4-6-14(12)16/h3-6,11,13,17H,7-10H2,1-2H3. The molecule has 1 N–H and O–H groups in total. The molecule has 1 aromatic carbocycles. The number of carbonyl (C=O) groups is 1. The van der Waals surface area contributed by atoms with E-state index in [-0.39, 0.29) is 5.91 Å².